The molecule has 0 bridgehead atoms. The highest BCUT2D eigenvalue weighted by Crippen LogP contribution is 2.35. The number of carboxylic acids is 1. The fraction of sp³-hybridized carbons (Fsp3) is 0.333. The number of hydrogen-bond acceptors (Lipinski definition) is 2. The largest absolute Gasteiger partial charge is 0.478 e. The number of carbonyl (C=O) groups is 1. The minimum atomic E-state index is -0.834. The van der Waals surface area contributed by atoms with Crippen molar-refractivity contribution >= 4 is 16.9 Å². The van der Waals surface area contributed by atoms with Gasteiger partial charge in [-0.3, -0.25) is 4.98 Å². The fourth-order valence-electron chi connectivity index (χ4n) is 2.90. The molecule has 2 aromatic rings. The zero-order valence-electron chi connectivity index (χ0n) is 10.3. The van der Waals surface area contributed by atoms with Gasteiger partial charge < -0.3 is 5.11 Å². The van der Waals surface area contributed by atoms with E-state index in [0.29, 0.717) is 11.5 Å². The second kappa shape index (κ2) is 4.09. The molecule has 0 amide bonds. The highest BCUT2D eigenvalue weighted by atomic mass is 16.4. The van der Waals surface area contributed by atoms with E-state index in [9.17, 15) is 9.90 Å². The van der Waals surface area contributed by atoms with Gasteiger partial charge in [-0.1, -0.05) is 25.1 Å². The Hall–Kier alpha value is -1.90. The molecule has 0 aliphatic heterocycles. The number of aromatic carboxylic acids is 1. The molecule has 0 radical (unpaired) electrons. The molecule has 3 rings (SSSR count). The van der Waals surface area contributed by atoms with Crippen molar-refractivity contribution in [1.29, 1.82) is 0 Å². The summed E-state index contributed by atoms with van der Waals surface area (Å²) in [6.45, 7) is 2.13. The lowest BCUT2D eigenvalue weighted by atomic mass is 9.84. The van der Waals surface area contributed by atoms with Crippen molar-refractivity contribution in [2.75, 3.05) is 0 Å². The predicted molar refractivity (Wildman–Crippen MR) is 70.1 cm³/mol. The van der Waals surface area contributed by atoms with Crippen molar-refractivity contribution in [2.24, 2.45) is 0 Å². The number of rotatable bonds is 1. The van der Waals surface area contributed by atoms with Gasteiger partial charge in [0.1, 0.15) is 0 Å². The molecule has 1 N–H and O–H groups in total. The van der Waals surface area contributed by atoms with Crippen LogP contribution in [-0.4, -0.2) is 16.1 Å². The molecule has 1 atom stereocenters. The van der Waals surface area contributed by atoms with E-state index < -0.39 is 5.97 Å². The van der Waals surface area contributed by atoms with Crippen LogP contribution in [0, 0.1) is 0 Å². The van der Waals surface area contributed by atoms with Crippen molar-refractivity contribution < 1.29 is 9.90 Å². The summed E-state index contributed by atoms with van der Waals surface area (Å²) in [4.78, 5) is 16.2. The zero-order valence-corrected chi connectivity index (χ0v) is 10.3. The van der Waals surface area contributed by atoms with Crippen molar-refractivity contribution in [3.8, 4) is 0 Å². The Labute approximate surface area is 105 Å². The van der Waals surface area contributed by atoms with E-state index in [1.54, 1.807) is 0 Å². The maximum absolute atomic E-state index is 11.6. The first-order valence-electron chi connectivity index (χ1n) is 6.33. The summed E-state index contributed by atoms with van der Waals surface area (Å²) < 4.78 is 0. The minimum absolute atomic E-state index is 0.358. The van der Waals surface area contributed by atoms with E-state index in [0.717, 1.165) is 41.4 Å². The summed E-state index contributed by atoms with van der Waals surface area (Å²) in [6, 6.07) is 7.52. The van der Waals surface area contributed by atoms with Crippen LogP contribution >= 0.6 is 0 Å². The van der Waals surface area contributed by atoms with Crippen LogP contribution in [0.1, 0.15) is 47.3 Å². The molecule has 0 unspecified atom stereocenters. The van der Waals surface area contributed by atoms with Crippen LogP contribution in [0.25, 0.3) is 10.9 Å². The van der Waals surface area contributed by atoms with Gasteiger partial charge in [0.25, 0.3) is 0 Å². The van der Waals surface area contributed by atoms with Gasteiger partial charge in [0, 0.05) is 11.1 Å². The smallest absolute Gasteiger partial charge is 0.336 e. The van der Waals surface area contributed by atoms with E-state index in [1.807, 2.05) is 24.3 Å². The summed E-state index contributed by atoms with van der Waals surface area (Å²) in [5.41, 5.74) is 3.18. The van der Waals surface area contributed by atoms with E-state index >= 15 is 0 Å². The molecule has 3 nitrogen and oxygen atoms in total. The molecule has 92 valence electrons. The topological polar surface area (TPSA) is 50.2 Å². The van der Waals surface area contributed by atoms with Gasteiger partial charge in [-0.05, 0) is 36.8 Å². The van der Waals surface area contributed by atoms with Crippen molar-refractivity contribution in [3.05, 3.63) is 41.1 Å². The Morgan fingerprint density at radius 3 is 2.94 bits per heavy atom. The molecule has 3 heteroatoms. The van der Waals surface area contributed by atoms with Crippen LogP contribution in [0.4, 0.5) is 0 Å². The first kappa shape index (κ1) is 11.2. The third kappa shape index (κ3) is 1.58. The lowest BCUT2D eigenvalue weighted by molar-refractivity contribution is 0.0697. The molecular weight excluding hydrogens is 226 g/mol. The van der Waals surface area contributed by atoms with Crippen LogP contribution in [-0.2, 0) is 6.42 Å². The van der Waals surface area contributed by atoms with Gasteiger partial charge in [-0.2, -0.15) is 0 Å². The molecule has 1 aromatic heterocycles. The van der Waals surface area contributed by atoms with E-state index in [2.05, 4.69) is 11.9 Å². The second-order valence-corrected chi connectivity index (χ2v) is 4.97. The molecular formula is C15H15NO2. The van der Waals surface area contributed by atoms with Crippen molar-refractivity contribution in [3.63, 3.8) is 0 Å². The monoisotopic (exact) mass is 241 g/mol. The molecule has 0 saturated heterocycles. The number of pyridine rings is 1. The number of para-hydroxylation sites is 1. The second-order valence-electron chi connectivity index (χ2n) is 4.97. The van der Waals surface area contributed by atoms with Crippen LogP contribution < -0.4 is 0 Å². The molecule has 0 fully saturated rings. The van der Waals surface area contributed by atoms with Gasteiger partial charge >= 0.3 is 5.97 Å². The van der Waals surface area contributed by atoms with Crippen LogP contribution in [0.2, 0.25) is 0 Å². The Balaban J connectivity index is 2.41. The summed E-state index contributed by atoms with van der Waals surface area (Å²) in [7, 11) is 0. The maximum Gasteiger partial charge on any atom is 0.336 e. The lowest BCUT2D eigenvalue weighted by Crippen LogP contribution is -2.15. The first-order chi connectivity index (χ1) is 8.68. The third-order valence-electron chi connectivity index (χ3n) is 3.77. The highest BCUT2D eigenvalue weighted by molar-refractivity contribution is 6.04. The van der Waals surface area contributed by atoms with Gasteiger partial charge in [0.15, 0.2) is 0 Å². The third-order valence-corrected chi connectivity index (χ3v) is 3.77. The van der Waals surface area contributed by atoms with Gasteiger partial charge in [-0.15, -0.1) is 0 Å². The van der Waals surface area contributed by atoms with Crippen molar-refractivity contribution in [1.82, 2.24) is 4.98 Å². The van der Waals surface area contributed by atoms with Crippen LogP contribution in [0.5, 0.6) is 0 Å². The van der Waals surface area contributed by atoms with E-state index in [1.165, 1.54) is 0 Å². The number of hydrogen-bond donors (Lipinski definition) is 1. The van der Waals surface area contributed by atoms with Gasteiger partial charge in [0.05, 0.1) is 11.1 Å². The average Bonchev–Trinajstić information content (AvgIpc) is 2.36. The Morgan fingerprint density at radius 2 is 2.17 bits per heavy atom. The lowest BCUT2D eigenvalue weighted by Gasteiger charge is -2.23. The normalized spacial score (nSPS) is 18.6. The molecule has 1 aliphatic carbocycles. The number of carboxylic acid groups (broad SMARTS) is 1. The highest BCUT2D eigenvalue weighted by Gasteiger charge is 2.25. The molecule has 0 saturated carbocycles. The summed E-state index contributed by atoms with van der Waals surface area (Å²) in [5.74, 6) is -0.476. The Bertz CT molecular complexity index is 634. The Morgan fingerprint density at radius 1 is 1.39 bits per heavy atom. The van der Waals surface area contributed by atoms with E-state index in [-0.39, 0.29) is 0 Å². The summed E-state index contributed by atoms with van der Waals surface area (Å²) in [6.07, 6.45) is 2.98. The van der Waals surface area contributed by atoms with E-state index in [4.69, 9.17) is 0 Å². The predicted octanol–water partition coefficient (Wildman–Crippen LogP) is 3.37. The number of benzene rings is 1. The quantitative estimate of drug-likeness (QED) is 0.832. The Kier molecular flexibility index (Phi) is 2.54. The van der Waals surface area contributed by atoms with Gasteiger partial charge in [0.2, 0.25) is 0 Å². The molecule has 0 spiro atoms. The number of fused-ring (bicyclic) bond motifs is 2. The molecule has 1 heterocycles. The van der Waals surface area contributed by atoms with Crippen LogP contribution in [0.3, 0.4) is 0 Å². The standard InChI is InChI=1S/C15H15NO2/c1-9-5-4-7-11-13(15(17)18)10-6-2-3-8-12(10)16-14(9)11/h2-3,6,8-9H,4-5,7H2,1H3,(H,17,18)/t9-/m0/s1. The van der Waals surface area contributed by atoms with Crippen LogP contribution in [0.15, 0.2) is 24.3 Å². The number of nitrogens with zero attached hydrogens (tertiary/aromatic N) is 1. The van der Waals surface area contributed by atoms with Gasteiger partial charge in [-0.25, -0.2) is 4.79 Å². The SMILES string of the molecule is C[C@H]1CCCc2c1nc1ccccc1c2C(=O)O. The maximum atomic E-state index is 11.6. The fourth-order valence-corrected chi connectivity index (χ4v) is 2.90. The average molecular weight is 241 g/mol. The number of aromatic nitrogens is 1. The molecule has 1 aliphatic rings. The summed E-state index contributed by atoms with van der Waals surface area (Å²) >= 11 is 0. The minimum Gasteiger partial charge on any atom is -0.478 e. The molecule has 18 heavy (non-hydrogen) atoms. The first-order valence-corrected chi connectivity index (χ1v) is 6.33. The molecule has 1 aromatic carbocycles. The van der Waals surface area contributed by atoms with Crippen molar-refractivity contribution in [2.45, 2.75) is 32.1 Å². The summed E-state index contributed by atoms with van der Waals surface area (Å²) in [5, 5.41) is 10.3. The zero-order chi connectivity index (χ0) is 12.7.